The normalized spacial score (nSPS) is 9.73. The van der Waals surface area contributed by atoms with Crippen LogP contribution in [0.2, 0.25) is 0 Å². The van der Waals surface area contributed by atoms with E-state index in [1.54, 1.807) is 13.2 Å². The van der Waals surface area contributed by atoms with Crippen LogP contribution < -0.4 is 10.5 Å². The van der Waals surface area contributed by atoms with Crippen LogP contribution in [-0.4, -0.2) is 23.4 Å². The summed E-state index contributed by atoms with van der Waals surface area (Å²) in [7, 11) is 3.41. The average molecular weight is 271 g/mol. The van der Waals surface area contributed by atoms with E-state index in [4.69, 9.17) is 5.26 Å². The lowest BCUT2D eigenvalue weighted by Gasteiger charge is -2.18. The van der Waals surface area contributed by atoms with Gasteiger partial charge in [0.05, 0.1) is 24.4 Å². The van der Waals surface area contributed by atoms with Gasteiger partial charge in [0.15, 0.2) is 0 Å². The molecule has 0 unspecified atom stereocenters. The molecule has 0 aromatic carbocycles. The van der Waals surface area contributed by atoms with Crippen molar-refractivity contribution in [1.29, 1.82) is 5.26 Å². The Labute approximate surface area is 96.1 Å². The van der Waals surface area contributed by atoms with E-state index in [0.717, 1.165) is 0 Å². The first-order valence-corrected chi connectivity index (χ1v) is 5.17. The summed E-state index contributed by atoms with van der Waals surface area (Å²) in [5.41, 5.74) is 0.518. The number of nitrogens with zero attached hydrogens (tertiary/aromatic N) is 4. The molecule has 1 rings (SSSR count). The fourth-order valence-corrected chi connectivity index (χ4v) is 1.77. The first kappa shape index (κ1) is 11.7. The van der Waals surface area contributed by atoms with Gasteiger partial charge in [-0.15, -0.1) is 0 Å². The first-order valence-electron chi connectivity index (χ1n) is 4.38. The van der Waals surface area contributed by atoms with Crippen molar-refractivity contribution in [2.24, 2.45) is 7.05 Å². The van der Waals surface area contributed by atoms with Crippen molar-refractivity contribution in [2.75, 3.05) is 18.5 Å². The van der Waals surface area contributed by atoms with Crippen molar-refractivity contribution >= 4 is 21.6 Å². The van der Waals surface area contributed by atoms with E-state index in [2.05, 4.69) is 27.1 Å². The molecule has 15 heavy (non-hydrogen) atoms. The minimum absolute atomic E-state index is 0.184. The highest BCUT2D eigenvalue weighted by Crippen LogP contribution is 2.19. The van der Waals surface area contributed by atoms with Gasteiger partial charge in [-0.05, 0) is 15.9 Å². The summed E-state index contributed by atoms with van der Waals surface area (Å²) < 4.78 is 1.73. The molecule has 0 bridgehead atoms. The van der Waals surface area contributed by atoms with Crippen molar-refractivity contribution < 1.29 is 0 Å². The summed E-state index contributed by atoms with van der Waals surface area (Å²) in [5.74, 6) is 0. The molecule has 0 saturated heterocycles. The summed E-state index contributed by atoms with van der Waals surface area (Å²) in [6, 6.07) is 2.05. The lowest BCUT2D eigenvalue weighted by molar-refractivity contribution is 0.698. The van der Waals surface area contributed by atoms with Crippen LogP contribution in [0.3, 0.4) is 0 Å². The van der Waals surface area contributed by atoms with Gasteiger partial charge in [0.25, 0.3) is 5.56 Å². The number of aryl methyl sites for hydroxylation is 1. The van der Waals surface area contributed by atoms with E-state index in [-0.39, 0.29) is 5.56 Å². The van der Waals surface area contributed by atoms with Crippen molar-refractivity contribution in [1.82, 2.24) is 9.78 Å². The topological polar surface area (TPSA) is 61.9 Å². The zero-order valence-electron chi connectivity index (χ0n) is 8.57. The Kier molecular flexibility index (Phi) is 3.86. The molecule has 0 fully saturated rings. The molecule has 1 aromatic rings. The van der Waals surface area contributed by atoms with Crippen LogP contribution in [0.4, 0.5) is 5.69 Å². The molecule has 0 aliphatic rings. The highest BCUT2D eigenvalue weighted by molar-refractivity contribution is 9.10. The maximum Gasteiger partial charge on any atom is 0.282 e. The van der Waals surface area contributed by atoms with Gasteiger partial charge in [0.1, 0.15) is 4.47 Å². The Bertz CT molecular complexity index is 448. The number of hydrogen-bond acceptors (Lipinski definition) is 4. The van der Waals surface area contributed by atoms with Gasteiger partial charge in [-0.3, -0.25) is 4.79 Å². The summed E-state index contributed by atoms with van der Waals surface area (Å²) in [6.07, 6.45) is 2.01. The van der Waals surface area contributed by atoms with Crippen LogP contribution >= 0.6 is 15.9 Å². The van der Waals surface area contributed by atoms with Gasteiger partial charge >= 0.3 is 0 Å². The Morgan fingerprint density at radius 2 is 2.40 bits per heavy atom. The van der Waals surface area contributed by atoms with Gasteiger partial charge in [-0.2, -0.15) is 10.4 Å². The van der Waals surface area contributed by atoms with Crippen molar-refractivity contribution in [2.45, 2.75) is 6.42 Å². The largest absolute Gasteiger partial charge is 0.371 e. The maximum absolute atomic E-state index is 11.5. The monoisotopic (exact) mass is 270 g/mol. The molecule has 5 nitrogen and oxygen atoms in total. The Balaban J connectivity index is 3.01. The lowest BCUT2D eigenvalue weighted by atomic mass is 10.3. The van der Waals surface area contributed by atoms with Crippen molar-refractivity contribution in [3.8, 4) is 6.07 Å². The third-order valence-electron chi connectivity index (χ3n) is 2.03. The zero-order valence-corrected chi connectivity index (χ0v) is 10.2. The second kappa shape index (κ2) is 4.94. The molecule has 0 saturated carbocycles. The summed E-state index contributed by atoms with van der Waals surface area (Å²) >= 11 is 3.23. The number of hydrogen-bond donors (Lipinski definition) is 0. The predicted molar refractivity (Wildman–Crippen MR) is 60.7 cm³/mol. The maximum atomic E-state index is 11.5. The zero-order chi connectivity index (χ0) is 11.4. The van der Waals surface area contributed by atoms with Crippen LogP contribution in [0.15, 0.2) is 15.5 Å². The minimum Gasteiger partial charge on any atom is -0.371 e. The van der Waals surface area contributed by atoms with Gasteiger partial charge in [0.2, 0.25) is 0 Å². The lowest BCUT2D eigenvalue weighted by Crippen LogP contribution is -2.26. The highest BCUT2D eigenvalue weighted by atomic mass is 79.9. The molecule has 80 valence electrons. The van der Waals surface area contributed by atoms with Crippen LogP contribution in [0.25, 0.3) is 0 Å². The molecule has 0 atom stereocenters. The van der Waals surface area contributed by atoms with E-state index < -0.39 is 0 Å². The third-order valence-corrected chi connectivity index (χ3v) is 2.78. The predicted octanol–water partition coefficient (Wildman–Crippen LogP) is 0.893. The van der Waals surface area contributed by atoms with Crippen LogP contribution in [-0.2, 0) is 7.05 Å². The van der Waals surface area contributed by atoms with Crippen molar-refractivity contribution in [3.63, 3.8) is 0 Å². The third kappa shape index (κ3) is 2.57. The Morgan fingerprint density at radius 3 is 3.00 bits per heavy atom. The number of halogens is 1. The fraction of sp³-hybridized carbons (Fsp3) is 0.444. The van der Waals surface area contributed by atoms with Crippen LogP contribution in [0.1, 0.15) is 6.42 Å². The number of aromatic nitrogens is 2. The summed E-state index contributed by atoms with van der Waals surface area (Å²) in [6.45, 7) is 0.573. The minimum atomic E-state index is -0.184. The summed E-state index contributed by atoms with van der Waals surface area (Å²) in [5, 5.41) is 12.4. The quantitative estimate of drug-likeness (QED) is 0.819. The standard InChI is InChI=1S/C9H11BrN4O/c1-13(5-3-4-11)7-6-12-14(2)9(15)8(7)10/h6H,3,5H2,1-2H3. The molecular formula is C9H11BrN4O. The molecule has 0 radical (unpaired) electrons. The number of anilines is 1. The van der Waals surface area contributed by atoms with Gasteiger partial charge in [-0.1, -0.05) is 0 Å². The SMILES string of the molecule is CN(CCC#N)c1cnn(C)c(=O)c1Br. The molecule has 0 amide bonds. The molecule has 0 aliphatic carbocycles. The van der Waals surface area contributed by atoms with Gasteiger partial charge in [-0.25, -0.2) is 4.68 Å². The number of rotatable bonds is 3. The molecule has 6 heteroatoms. The second-order valence-corrected chi connectivity index (χ2v) is 3.90. The molecule has 0 aliphatic heterocycles. The van der Waals surface area contributed by atoms with E-state index in [1.165, 1.54) is 4.68 Å². The van der Waals surface area contributed by atoms with Crippen LogP contribution in [0, 0.1) is 11.3 Å². The van der Waals surface area contributed by atoms with E-state index in [0.29, 0.717) is 23.1 Å². The average Bonchev–Trinajstić information content (AvgIpc) is 2.23. The highest BCUT2D eigenvalue weighted by Gasteiger charge is 2.10. The second-order valence-electron chi connectivity index (χ2n) is 3.10. The fourth-order valence-electron chi connectivity index (χ4n) is 1.11. The smallest absolute Gasteiger partial charge is 0.282 e. The first-order chi connectivity index (χ1) is 7.07. The molecule has 0 N–H and O–H groups in total. The Hall–Kier alpha value is -1.35. The molecule has 0 spiro atoms. The molecular weight excluding hydrogens is 260 g/mol. The molecule has 1 heterocycles. The van der Waals surface area contributed by atoms with E-state index in [1.807, 2.05) is 11.9 Å². The Morgan fingerprint density at radius 1 is 1.73 bits per heavy atom. The van der Waals surface area contributed by atoms with E-state index in [9.17, 15) is 4.79 Å². The summed E-state index contributed by atoms with van der Waals surface area (Å²) in [4.78, 5) is 13.4. The van der Waals surface area contributed by atoms with E-state index >= 15 is 0 Å². The van der Waals surface area contributed by atoms with Gasteiger partial charge in [0, 0.05) is 20.6 Å². The van der Waals surface area contributed by atoms with Crippen LogP contribution in [0.5, 0.6) is 0 Å². The van der Waals surface area contributed by atoms with Crippen molar-refractivity contribution in [3.05, 3.63) is 21.0 Å². The number of nitriles is 1. The molecule has 1 aromatic heterocycles. The van der Waals surface area contributed by atoms with Gasteiger partial charge < -0.3 is 4.90 Å².